The molecular weight excluding hydrogens is 447 g/mol. The molecular formula is C25H30Cl2N2O3. The van der Waals surface area contributed by atoms with Crippen molar-refractivity contribution in [2.75, 3.05) is 26.2 Å². The maximum Gasteiger partial charge on any atom is 0.220 e. The van der Waals surface area contributed by atoms with Crippen molar-refractivity contribution in [3.63, 3.8) is 0 Å². The summed E-state index contributed by atoms with van der Waals surface area (Å²) in [6.07, 6.45) is 4.38. The van der Waals surface area contributed by atoms with Crippen LogP contribution < -0.4 is 10.1 Å². The predicted octanol–water partition coefficient (Wildman–Crippen LogP) is 4.57. The predicted molar refractivity (Wildman–Crippen MR) is 128 cm³/mol. The van der Waals surface area contributed by atoms with Gasteiger partial charge in [-0.2, -0.15) is 0 Å². The van der Waals surface area contributed by atoms with Gasteiger partial charge < -0.3 is 20.1 Å². The van der Waals surface area contributed by atoms with E-state index < -0.39 is 12.1 Å². The number of rotatable bonds is 8. The summed E-state index contributed by atoms with van der Waals surface area (Å²) in [7, 11) is 0. The number of fused-ring (bicyclic) bond motifs is 1. The molecule has 0 bridgehead atoms. The lowest BCUT2D eigenvalue weighted by molar-refractivity contribution is -0.122. The van der Waals surface area contributed by atoms with Crippen molar-refractivity contribution in [3.8, 4) is 5.75 Å². The largest absolute Gasteiger partial charge is 0.493 e. The highest BCUT2D eigenvalue weighted by Crippen LogP contribution is 2.30. The number of amides is 1. The summed E-state index contributed by atoms with van der Waals surface area (Å²) >= 11 is 12.1. The summed E-state index contributed by atoms with van der Waals surface area (Å²) in [5.41, 5.74) is 2.91. The molecule has 2 aromatic carbocycles. The molecule has 0 unspecified atom stereocenters. The minimum Gasteiger partial charge on any atom is -0.493 e. The molecule has 4 rings (SSSR count). The average molecular weight is 477 g/mol. The van der Waals surface area contributed by atoms with Crippen molar-refractivity contribution in [3.05, 3.63) is 63.1 Å². The molecule has 2 N–H and O–H groups in total. The highest BCUT2D eigenvalue weighted by molar-refractivity contribution is 6.42. The summed E-state index contributed by atoms with van der Waals surface area (Å²) in [6.45, 7) is 3.32. The number of likely N-dealkylation sites (tertiary alicyclic amines) is 1. The molecule has 0 spiro atoms. The van der Waals surface area contributed by atoms with Crippen molar-refractivity contribution in [2.45, 2.75) is 50.7 Å². The Bertz CT molecular complexity index is 947. The van der Waals surface area contributed by atoms with Crippen molar-refractivity contribution in [1.82, 2.24) is 10.2 Å². The van der Waals surface area contributed by atoms with Crippen LogP contribution >= 0.6 is 23.2 Å². The van der Waals surface area contributed by atoms with Gasteiger partial charge in [-0.05, 0) is 80.1 Å². The van der Waals surface area contributed by atoms with Gasteiger partial charge in [0.1, 0.15) is 11.9 Å². The highest BCUT2D eigenvalue weighted by atomic mass is 35.5. The molecule has 172 valence electrons. The molecule has 2 atom stereocenters. The molecule has 0 saturated carbocycles. The van der Waals surface area contributed by atoms with E-state index >= 15 is 0 Å². The number of aliphatic hydroxyl groups is 1. The standard InChI is InChI=1S/C25H30Cl2N2O3/c26-20-9-5-17(14-21(20)27)6-10-24(30)28-22(16-29-11-1-2-12-29)25(31)19-8-7-18-4-3-13-32-23(18)15-19/h5,7-9,14-15,22,25,31H,1-4,6,10-13,16H2,(H,28,30)/t22-,25-/m1/s1. The topological polar surface area (TPSA) is 61.8 Å². The second kappa shape index (κ2) is 10.9. The summed E-state index contributed by atoms with van der Waals surface area (Å²) in [5, 5.41) is 15.3. The molecule has 2 aliphatic heterocycles. The number of carbonyl (C=O) groups is 1. The van der Waals surface area contributed by atoms with Gasteiger partial charge in [-0.3, -0.25) is 4.79 Å². The zero-order valence-corrected chi connectivity index (χ0v) is 19.7. The number of carbonyl (C=O) groups excluding carboxylic acids is 1. The fourth-order valence-corrected chi connectivity index (χ4v) is 4.79. The third kappa shape index (κ3) is 5.96. The smallest absolute Gasteiger partial charge is 0.220 e. The van der Waals surface area contributed by atoms with Crippen LogP contribution in [0.2, 0.25) is 10.0 Å². The van der Waals surface area contributed by atoms with Gasteiger partial charge in [0.2, 0.25) is 5.91 Å². The van der Waals surface area contributed by atoms with Crippen molar-refractivity contribution < 1.29 is 14.6 Å². The lowest BCUT2D eigenvalue weighted by Gasteiger charge is -2.29. The highest BCUT2D eigenvalue weighted by Gasteiger charge is 2.27. The molecule has 0 radical (unpaired) electrons. The van der Waals surface area contributed by atoms with Crippen LogP contribution in [0.3, 0.4) is 0 Å². The van der Waals surface area contributed by atoms with Gasteiger partial charge in [0.25, 0.3) is 0 Å². The molecule has 32 heavy (non-hydrogen) atoms. The zero-order valence-electron chi connectivity index (χ0n) is 18.2. The number of halogens is 2. The van der Waals surface area contributed by atoms with Crippen LogP contribution in [0.25, 0.3) is 0 Å². The van der Waals surface area contributed by atoms with Crippen LogP contribution in [0.5, 0.6) is 5.75 Å². The van der Waals surface area contributed by atoms with Crippen LogP contribution in [-0.4, -0.2) is 48.2 Å². The van der Waals surface area contributed by atoms with Gasteiger partial charge in [0.05, 0.1) is 22.7 Å². The summed E-state index contributed by atoms with van der Waals surface area (Å²) < 4.78 is 5.79. The van der Waals surface area contributed by atoms with E-state index in [0.717, 1.165) is 55.6 Å². The first-order valence-corrected chi connectivity index (χ1v) is 12.1. The fraction of sp³-hybridized carbons (Fsp3) is 0.480. The van der Waals surface area contributed by atoms with E-state index in [4.69, 9.17) is 27.9 Å². The molecule has 1 amide bonds. The van der Waals surface area contributed by atoms with E-state index in [1.165, 1.54) is 5.56 Å². The van der Waals surface area contributed by atoms with E-state index in [9.17, 15) is 9.90 Å². The monoisotopic (exact) mass is 476 g/mol. The van der Waals surface area contributed by atoms with Crippen molar-refractivity contribution >= 4 is 29.1 Å². The normalized spacial score (nSPS) is 18.0. The lowest BCUT2D eigenvalue weighted by atomic mass is 9.97. The van der Waals surface area contributed by atoms with Crippen LogP contribution in [0.4, 0.5) is 0 Å². The van der Waals surface area contributed by atoms with Crippen LogP contribution in [-0.2, 0) is 17.6 Å². The van der Waals surface area contributed by atoms with Gasteiger partial charge in [0.15, 0.2) is 0 Å². The maximum atomic E-state index is 12.8. The Morgan fingerprint density at radius 2 is 1.91 bits per heavy atom. The number of benzene rings is 2. The van der Waals surface area contributed by atoms with Gasteiger partial charge in [-0.15, -0.1) is 0 Å². The Morgan fingerprint density at radius 1 is 1.09 bits per heavy atom. The maximum absolute atomic E-state index is 12.8. The number of nitrogens with one attached hydrogen (secondary N) is 1. The van der Waals surface area contributed by atoms with Crippen molar-refractivity contribution in [2.24, 2.45) is 0 Å². The summed E-state index contributed by atoms with van der Waals surface area (Å²) in [5.74, 6) is 0.757. The van der Waals surface area contributed by atoms with E-state index in [2.05, 4.69) is 10.2 Å². The number of aliphatic hydroxyl groups excluding tert-OH is 1. The molecule has 2 aromatic rings. The third-order valence-electron chi connectivity index (χ3n) is 6.29. The quantitative estimate of drug-likeness (QED) is 0.585. The second-order valence-corrected chi connectivity index (χ2v) is 9.51. The van der Waals surface area contributed by atoms with Crippen LogP contribution in [0.15, 0.2) is 36.4 Å². The molecule has 7 heteroatoms. The van der Waals surface area contributed by atoms with Gasteiger partial charge >= 0.3 is 0 Å². The first-order valence-electron chi connectivity index (χ1n) is 11.4. The molecule has 2 aliphatic rings. The zero-order chi connectivity index (χ0) is 22.5. The molecule has 0 aromatic heterocycles. The van der Waals surface area contributed by atoms with E-state index in [-0.39, 0.29) is 5.91 Å². The number of ether oxygens (including phenoxy) is 1. The number of aryl methyl sites for hydroxylation is 2. The molecule has 2 heterocycles. The Balaban J connectivity index is 1.43. The summed E-state index contributed by atoms with van der Waals surface area (Å²) in [6, 6.07) is 10.9. The van der Waals surface area contributed by atoms with Gasteiger partial charge in [-0.1, -0.05) is 41.4 Å². The number of hydrogen-bond donors (Lipinski definition) is 2. The molecule has 1 saturated heterocycles. The molecule has 0 aliphatic carbocycles. The Kier molecular flexibility index (Phi) is 7.95. The van der Waals surface area contributed by atoms with Crippen molar-refractivity contribution in [1.29, 1.82) is 0 Å². The lowest BCUT2D eigenvalue weighted by Crippen LogP contribution is -2.46. The van der Waals surface area contributed by atoms with Crippen LogP contribution in [0.1, 0.15) is 48.5 Å². The average Bonchev–Trinajstić information content (AvgIpc) is 3.32. The molecule has 1 fully saturated rings. The minimum atomic E-state index is -0.805. The molecule has 5 nitrogen and oxygen atoms in total. The van der Waals surface area contributed by atoms with E-state index in [0.29, 0.717) is 36.0 Å². The second-order valence-electron chi connectivity index (χ2n) is 8.69. The van der Waals surface area contributed by atoms with Gasteiger partial charge in [-0.25, -0.2) is 0 Å². The Labute approximate surface area is 199 Å². The first-order chi connectivity index (χ1) is 15.5. The summed E-state index contributed by atoms with van der Waals surface area (Å²) in [4.78, 5) is 15.1. The first kappa shape index (κ1) is 23.4. The number of hydrogen-bond acceptors (Lipinski definition) is 4. The SMILES string of the molecule is O=C(CCc1ccc(Cl)c(Cl)c1)N[C@H](CN1CCCC1)[C@H](O)c1ccc2c(c1)OCCC2. The Hall–Kier alpha value is -1.79. The third-order valence-corrected chi connectivity index (χ3v) is 7.03. The van der Waals surface area contributed by atoms with Gasteiger partial charge in [0, 0.05) is 13.0 Å². The Morgan fingerprint density at radius 3 is 2.69 bits per heavy atom. The number of nitrogens with zero attached hydrogens (tertiary/aromatic N) is 1. The van der Waals surface area contributed by atoms with E-state index in [1.807, 2.05) is 24.3 Å². The van der Waals surface area contributed by atoms with E-state index in [1.54, 1.807) is 12.1 Å². The van der Waals surface area contributed by atoms with Crippen LogP contribution in [0, 0.1) is 0 Å². The minimum absolute atomic E-state index is 0.0893. The fourth-order valence-electron chi connectivity index (χ4n) is 4.47.